The minimum absolute atomic E-state index is 0. The van der Waals surface area contributed by atoms with Crippen molar-refractivity contribution < 1.29 is 21.6 Å². The topological polar surface area (TPSA) is 58.2 Å². The van der Waals surface area contributed by atoms with E-state index in [4.69, 9.17) is 0 Å². The summed E-state index contributed by atoms with van der Waals surface area (Å²) < 4.78 is 64.9. The molecule has 0 saturated heterocycles. The quantitative estimate of drug-likeness (QED) is 0.715. The lowest BCUT2D eigenvalue weighted by Gasteiger charge is -2.15. The van der Waals surface area contributed by atoms with Gasteiger partial charge in [-0.25, -0.2) is 13.1 Å². The summed E-state index contributed by atoms with van der Waals surface area (Å²) >= 11 is 2.78. The summed E-state index contributed by atoms with van der Waals surface area (Å²) in [7, 11) is -3.99. The summed E-state index contributed by atoms with van der Waals surface area (Å²) in [6, 6.07) is 2.85. The Bertz CT molecular complexity index is 693. The van der Waals surface area contributed by atoms with Crippen molar-refractivity contribution in [2.45, 2.75) is 17.5 Å². The fraction of sp³-hybridized carbons (Fsp3) is 0.385. The van der Waals surface area contributed by atoms with Crippen LogP contribution in [-0.2, 0) is 16.2 Å². The third kappa shape index (κ3) is 5.46. The highest BCUT2D eigenvalue weighted by Gasteiger charge is 2.34. The average molecular weight is 436 g/mol. The van der Waals surface area contributed by atoms with Crippen LogP contribution in [0.3, 0.4) is 0 Å². The van der Waals surface area contributed by atoms with E-state index in [1.807, 2.05) is 6.08 Å². The second kappa shape index (κ2) is 7.98. The van der Waals surface area contributed by atoms with Crippen molar-refractivity contribution in [2.24, 2.45) is 0 Å². The van der Waals surface area contributed by atoms with Gasteiger partial charge in [0, 0.05) is 17.6 Å². The maximum atomic E-state index is 12.8. The first-order chi connectivity index (χ1) is 10.2. The monoisotopic (exact) mass is 434 g/mol. The first-order valence-electron chi connectivity index (χ1n) is 6.45. The number of rotatable bonds is 4. The van der Waals surface area contributed by atoms with Crippen LogP contribution in [0.4, 0.5) is 13.2 Å². The number of alkyl halides is 3. The van der Waals surface area contributed by atoms with Crippen molar-refractivity contribution >= 4 is 38.4 Å². The van der Waals surface area contributed by atoms with Crippen molar-refractivity contribution in [1.29, 1.82) is 0 Å². The van der Waals surface area contributed by atoms with Crippen LogP contribution in [0.15, 0.2) is 39.2 Å². The molecule has 0 atom stereocenters. The molecular formula is C13H15BrClF3N2O2S. The maximum Gasteiger partial charge on any atom is 0.417 e. The fourth-order valence-electron chi connectivity index (χ4n) is 1.99. The number of hydrogen-bond donors (Lipinski definition) is 2. The van der Waals surface area contributed by atoms with E-state index in [2.05, 4.69) is 26.0 Å². The molecule has 10 heteroatoms. The van der Waals surface area contributed by atoms with E-state index in [0.717, 1.165) is 24.3 Å². The second-order valence-corrected chi connectivity index (χ2v) is 7.40. The number of hydrogen-bond acceptors (Lipinski definition) is 3. The van der Waals surface area contributed by atoms with E-state index in [1.165, 1.54) is 0 Å². The summed E-state index contributed by atoms with van der Waals surface area (Å²) in [5.41, 5.74) is -0.105. The molecular weight excluding hydrogens is 421 g/mol. The Morgan fingerprint density at radius 2 is 2.00 bits per heavy atom. The molecule has 1 aromatic carbocycles. The first-order valence-corrected chi connectivity index (χ1v) is 8.73. The van der Waals surface area contributed by atoms with Gasteiger partial charge in [-0.05, 0) is 31.2 Å². The van der Waals surface area contributed by atoms with E-state index in [-0.39, 0.29) is 23.4 Å². The van der Waals surface area contributed by atoms with Crippen molar-refractivity contribution in [2.75, 3.05) is 19.6 Å². The molecule has 1 aliphatic rings. The molecule has 0 aliphatic carbocycles. The highest BCUT2D eigenvalue weighted by atomic mass is 79.9. The van der Waals surface area contributed by atoms with Crippen LogP contribution in [0.25, 0.3) is 0 Å². The summed E-state index contributed by atoms with van der Waals surface area (Å²) in [6.45, 7) is 1.51. The smallest absolute Gasteiger partial charge is 0.313 e. The van der Waals surface area contributed by atoms with Crippen LogP contribution in [0.1, 0.15) is 12.0 Å². The van der Waals surface area contributed by atoms with Gasteiger partial charge in [-0.2, -0.15) is 13.2 Å². The van der Waals surface area contributed by atoms with Crippen LogP contribution >= 0.6 is 28.3 Å². The molecule has 0 amide bonds. The van der Waals surface area contributed by atoms with Crippen molar-refractivity contribution in [3.63, 3.8) is 0 Å². The number of sulfonamides is 1. The molecule has 0 aromatic heterocycles. The van der Waals surface area contributed by atoms with E-state index in [1.54, 1.807) is 0 Å². The molecule has 0 bridgehead atoms. The molecule has 130 valence electrons. The number of benzene rings is 1. The highest BCUT2D eigenvalue weighted by Crippen LogP contribution is 2.36. The molecule has 1 heterocycles. The maximum absolute atomic E-state index is 12.8. The van der Waals surface area contributed by atoms with Gasteiger partial charge in [0.25, 0.3) is 0 Å². The molecule has 1 aromatic rings. The lowest BCUT2D eigenvalue weighted by molar-refractivity contribution is -0.138. The Balaban J connectivity index is 0.00000264. The van der Waals surface area contributed by atoms with Gasteiger partial charge in [0.05, 0.1) is 10.5 Å². The Kier molecular flexibility index (Phi) is 7.09. The molecule has 2 N–H and O–H groups in total. The van der Waals surface area contributed by atoms with Gasteiger partial charge in [0.15, 0.2) is 0 Å². The third-order valence-corrected chi connectivity index (χ3v) is 5.29. The molecule has 2 rings (SSSR count). The largest absolute Gasteiger partial charge is 0.417 e. The van der Waals surface area contributed by atoms with Crippen LogP contribution in [-0.4, -0.2) is 28.1 Å². The number of halogens is 5. The van der Waals surface area contributed by atoms with Gasteiger partial charge < -0.3 is 5.32 Å². The Hall–Kier alpha value is -0.610. The Morgan fingerprint density at radius 1 is 1.30 bits per heavy atom. The van der Waals surface area contributed by atoms with Gasteiger partial charge in [-0.15, -0.1) is 12.4 Å². The zero-order chi connectivity index (χ0) is 16.4. The summed E-state index contributed by atoms with van der Waals surface area (Å²) in [6.07, 6.45) is -2.05. The summed E-state index contributed by atoms with van der Waals surface area (Å²) in [5.74, 6) is 0. The predicted molar refractivity (Wildman–Crippen MR) is 87.2 cm³/mol. The summed E-state index contributed by atoms with van der Waals surface area (Å²) in [5, 5.41) is 3.09. The normalized spacial score (nSPS) is 15.7. The van der Waals surface area contributed by atoms with Gasteiger partial charge in [-0.1, -0.05) is 27.6 Å². The summed E-state index contributed by atoms with van der Waals surface area (Å²) in [4.78, 5) is -0.405. The van der Waals surface area contributed by atoms with Gasteiger partial charge in [0.2, 0.25) is 10.0 Å². The lowest BCUT2D eigenvalue weighted by Crippen LogP contribution is -2.30. The van der Waals surface area contributed by atoms with Crippen LogP contribution in [0, 0.1) is 0 Å². The van der Waals surface area contributed by atoms with E-state index < -0.39 is 26.7 Å². The van der Waals surface area contributed by atoms with Crippen LogP contribution in [0.2, 0.25) is 0 Å². The molecule has 0 spiro atoms. The SMILES string of the molecule is Cl.O=S(=O)(NCC1=CCNCC1)c1ccc(Br)c(C(F)(F)F)c1. The van der Waals surface area contributed by atoms with Crippen molar-refractivity contribution in [3.05, 3.63) is 39.9 Å². The number of nitrogens with one attached hydrogen (secondary N) is 2. The minimum atomic E-state index is -4.62. The highest BCUT2D eigenvalue weighted by molar-refractivity contribution is 9.10. The van der Waals surface area contributed by atoms with Gasteiger partial charge >= 0.3 is 6.18 Å². The molecule has 0 saturated carbocycles. The Labute approximate surface area is 147 Å². The van der Waals surface area contributed by atoms with Crippen LogP contribution in [0.5, 0.6) is 0 Å². The Morgan fingerprint density at radius 3 is 2.57 bits per heavy atom. The predicted octanol–water partition coefficient (Wildman–Crippen LogP) is 3.09. The first kappa shape index (κ1) is 20.4. The molecule has 1 aliphatic heterocycles. The molecule has 0 fully saturated rings. The third-order valence-electron chi connectivity index (χ3n) is 3.20. The molecule has 0 radical (unpaired) electrons. The van der Waals surface area contributed by atoms with Gasteiger partial charge in [0.1, 0.15) is 0 Å². The van der Waals surface area contributed by atoms with Gasteiger partial charge in [-0.3, -0.25) is 0 Å². The standard InChI is InChI=1S/C13H14BrF3N2O2S.ClH/c14-12-2-1-10(7-11(12)13(15,16)17)22(20,21)19-8-9-3-5-18-6-4-9;/h1-3,7,18-19H,4-6,8H2;1H. The zero-order valence-corrected chi connectivity index (χ0v) is 15.0. The molecule has 23 heavy (non-hydrogen) atoms. The van der Waals surface area contributed by atoms with Crippen molar-refractivity contribution in [1.82, 2.24) is 10.0 Å². The van der Waals surface area contributed by atoms with Crippen LogP contribution < -0.4 is 10.0 Å². The zero-order valence-electron chi connectivity index (χ0n) is 11.8. The second-order valence-electron chi connectivity index (χ2n) is 4.78. The minimum Gasteiger partial charge on any atom is -0.313 e. The van der Waals surface area contributed by atoms with E-state index >= 15 is 0 Å². The molecule has 4 nitrogen and oxygen atoms in total. The lowest BCUT2D eigenvalue weighted by atomic mass is 10.1. The fourth-order valence-corrected chi connectivity index (χ4v) is 3.52. The molecule has 0 unspecified atom stereocenters. The van der Waals surface area contributed by atoms with Crippen molar-refractivity contribution in [3.8, 4) is 0 Å². The van der Waals surface area contributed by atoms with E-state index in [9.17, 15) is 21.6 Å². The average Bonchev–Trinajstić information content (AvgIpc) is 2.45. The van der Waals surface area contributed by atoms with E-state index in [0.29, 0.717) is 19.0 Å².